The Morgan fingerprint density at radius 1 is 1.33 bits per heavy atom. The molecule has 0 saturated carbocycles. The molecule has 0 aromatic carbocycles. The molecule has 90 valence electrons. The van der Waals surface area contributed by atoms with Gasteiger partial charge in [0.15, 0.2) is 9.84 Å². The molecule has 4 nitrogen and oxygen atoms in total. The molecule has 1 N–H and O–H groups in total. The molecule has 0 spiro atoms. The molecule has 1 unspecified atom stereocenters. The van der Waals surface area contributed by atoms with Crippen molar-refractivity contribution in [2.24, 2.45) is 0 Å². The van der Waals surface area contributed by atoms with Crippen LogP contribution < -0.4 is 5.32 Å². The van der Waals surface area contributed by atoms with E-state index in [1.54, 1.807) is 0 Å². The van der Waals surface area contributed by atoms with E-state index in [9.17, 15) is 8.42 Å². The second-order valence-electron chi connectivity index (χ2n) is 4.56. The average molecular weight is 234 g/mol. The Morgan fingerprint density at radius 2 is 2.07 bits per heavy atom. The lowest BCUT2D eigenvalue weighted by molar-refractivity contribution is 0.389. The lowest BCUT2D eigenvalue weighted by atomic mass is 10.2. The van der Waals surface area contributed by atoms with E-state index in [1.165, 1.54) is 6.42 Å². The van der Waals surface area contributed by atoms with Crippen LogP contribution in [0.15, 0.2) is 0 Å². The van der Waals surface area contributed by atoms with Crippen molar-refractivity contribution in [1.29, 1.82) is 0 Å². The first kappa shape index (κ1) is 12.9. The molecule has 1 fully saturated rings. The number of hydrogen-bond donors (Lipinski definition) is 1. The molecule has 0 aliphatic carbocycles. The quantitative estimate of drug-likeness (QED) is 0.663. The van der Waals surface area contributed by atoms with Crippen molar-refractivity contribution in [3.8, 4) is 0 Å². The summed E-state index contributed by atoms with van der Waals surface area (Å²) >= 11 is 0. The van der Waals surface area contributed by atoms with Crippen molar-refractivity contribution < 1.29 is 8.42 Å². The van der Waals surface area contributed by atoms with Gasteiger partial charge in [-0.3, -0.25) is 0 Å². The Balaban J connectivity index is 2.02. The summed E-state index contributed by atoms with van der Waals surface area (Å²) < 4.78 is 22.3. The summed E-state index contributed by atoms with van der Waals surface area (Å²) in [6.45, 7) is 2.04. The zero-order chi connectivity index (χ0) is 11.3. The minimum Gasteiger partial charge on any atom is -0.313 e. The fourth-order valence-electron chi connectivity index (χ4n) is 1.82. The molecular formula is C10H22N2O2S. The molecule has 1 heterocycles. The van der Waals surface area contributed by atoms with Gasteiger partial charge in [-0.15, -0.1) is 0 Å². The lowest BCUT2D eigenvalue weighted by Gasteiger charge is -2.12. The highest BCUT2D eigenvalue weighted by atomic mass is 32.2. The van der Waals surface area contributed by atoms with Crippen LogP contribution in [0.1, 0.15) is 19.3 Å². The highest BCUT2D eigenvalue weighted by Crippen LogP contribution is 2.10. The molecule has 0 amide bonds. The first-order valence-electron chi connectivity index (χ1n) is 5.58. The molecule has 1 aliphatic rings. The summed E-state index contributed by atoms with van der Waals surface area (Å²) in [7, 11) is 1.41. The van der Waals surface area contributed by atoms with Crippen molar-refractivity contribution in [1.82, 2.24) is 10.2 Å². The number of rotatable bonds is 6. The highest BCUT2D eigenvalue weighted by molar-refractivity contribution is 7.91. The summed E-state index contributed by atoms with van der Waals surface area (Å²) in [6.07, 6.45) is 3.07. The number of nitrogens with one attached hydrogen (secondary N) is 1. The maximum Gasteiger partial charge on any atom is 0.151 e. The van der Waals surface area contributed by atoms with Crippen LogP contribution in [0.4, 0.5) is 0 Å². The van der Waals surface area contributed by atoms with Gasteiger partial charge in [-0.25, -0.2) is 8.42 Å². The second-order valence-corrected chi connectivity index (χ2v) is 6.79. The van der Waals surface area contributed by atoms with E-state index in [-0.39, 0.29) is 6.04 Å². The molecule has 1 rings (SSSR count). The van der Waals surface area contributed by atoms with E-state index in [0.29, 0.717) is 11.5 Å². The third-order valence-corrected chi connectivity index (χ3v) is 4.47. The Bertz CT molecular complexity index is 275. The van der Waals surface area contributed by atoms with Crippen molar-refractivity contribution in [2.45, 2.75) is 25.3 Å². The van der Waals surface area contributed by atoms with E-state index < -0.39 is 9.84 Å². The summed E-state index contributed by atoms with van der Waals surface area (Å²) in [5.74, 6) is 0.697. The molecule has 1 aliphatic heterocycles. The largest absolute Gasteiger partial charge is 0.313 e. The number of hydrogen-bond acceptors (Lipinski definition) is 4. The van der Waals surface area contributed by atoms with Crippen LogP contribution in [0, 0.1) is 0 Å². The van der Waals surface area contributed by atoms with Crippen molar-refractivity contribution >= 4 is 9.84 Å². The summed E-state index contributed by atoms with van der Waals surface area (Å²) in [6, 6.07) is 0.203. The summed E-state index contributed by atoms with van der Waals surface area (Å²) in [5.41, 5.74) is 0. The fourth-order valence-corrected chi connectivity index (χ4v) is 3.52. The van der Waals surface area contributed by atoms with Gasteiger partial charge in [-0.05, 0) is 46.4 Å². The zero-order valence-electron chi connectivity index (χ0n) is 9.70. The van der Waals surface area contributed by atoms with Crippen LogP contribution >= 0.6 is 0 Å². The molecule has 0 aromatic rings. The smallest absolute Gasteiger partial charge is 0.151 e. The van der Waals surface area contributed by atoms with E-state index in [0.717, 1.165) is 25.9 Å². The number of unbranched alkanes of at least 4 members (excludes halogenated alkanes) is 1. The van der Waals surface area contributed by atoms with Gasteiger partial charge in [0, 0.05) is 6.04 Å². The Labute approximate surface area is 93.0 Å². The van der Waals surface area contributed by atoms with Gasteiger partial charge in [0.05, 0.1) is 11.5 Å². The van der Waals surface area contributed by atoms with Crippen molar-refractivity contribution in [3.63, 3.8) is 0 Å². The van der Waals surface area contributed by atoms with Gasteiger partial charge in [0.2, 0.25) is 0 Å². The van der Waals surface area contributed by atoms with E-state index >= 15 is 0 Å². The third-order valence-electron chi connectivity index (χ3n) is 2.70. The van der Waals surface area contributed by atoms with Gasteiger partial charge in [0.1, 0.15) is 0 Å². The Hall–Kier alpha value is -0.130. The van der Waals surface area contributed by atoms with E-state index in [1.807, 2.05) is 0 Å². The Kier molecular flexibility index (Phi) is 5.02. The number of sulfone groups is 1. The van der Waals surface area contributed by atoms with Gasteiger partial charge in [-0.2, -0.15) is 0 Å². The van der Waals surface area contributed by atoms with Crippen LogP contribution in [0.5, 0.6) is 0 Å². The topological polar surface area (TPSA) is 49.4 Å². The number of nitrogens with zero attached hydrogens (tertiary/aromatic N) is 1. The third kappa shape index (κ3) is 5.49. The minimum absolute atomic E-state index is 0.203. The van der Waals surface area contributed by atoms with Crippen molar-refractivity contribution in [2.75, 3.05) is 38.7 Å². The maximum atomic E-state index is 11.2. The molecule has 0 bridgehead atoms. The van der Waals surface area contributed by atoms with Crippen LogP contribution in [0.3, 0.4) is 0 Å². The first-order chi connectivity index (χ1) is 6.99. The fraction of sp³-hybridized carbons (Fsp3) is 1.00. The monoisotopic (exact) mass is 234 g/mol. The molecule has 1 saturated heterocycles. The van der Waals surface area contributed by atoms with Crippen LogP contribution in [0.25, 0.3) is 0 Å². The second kappa shape index (κ2) is 5.82. The first-order valence-corrected chi connectivity index (χ1v) is 7.40. The predicted octanol–water partition coefficient (Wildman–Crippen LogP) is 0.105. The van der Waals surface area contributed by atoms with E-state index in [4.69, 9.17) is 0 Å². The summed E-state index contributed by atoms with van der Waals surface area (Å²) in [4.78, 5) is 2.17. The van der Waals surface area contributed by atoms with E-state index in [2.05, 4.69) is 24.3 Å². The molecule has 15 heavy (non-hydrogen) atoms. The molecule has 5 heteroatoms. The SMILES string of the molecule is CN(C)CCCCNC1CCS(=O)(=O)C1. The normalized spacial score (nSPS) is 24.9. The van der Waals surface area contributed by atoms with Gasteiger partial charge in [-0.1, -0.05) is 0 Å². The summed E-state index contributed by atoms with van der Waals surface area (Å²) in [5, 5.41) is 3.31. The van der Waals surface area contributed by atoms with Crippen LogP contribution in [-0.2, 0) is 9.84 Å². The standard InChI is InChI=1S/C10H22N2O2S/c1-12(2)7-4-3-6-11-10-5-8-15(13,14)9-10/h10-11H,3-9H2,1-2H3. The molecule has 0 radical (unpaired) electrons. The Morgan fingerprint density at radius 3 is 2.60 bits per heavy atom. The van der Waals surface area contributed by atoms with Gasteiger partial charge in [0.25, 0.3) is 0 Å². The van der Waals surface area contributed by atoms with Crippen molar-refractivity contribution in [3.05, 3.63) is 0 Å². The maximum absolute atomic E-state index is 11.2. The zero-order valence-corrected chi connectivity index (χ0v) is 10.5. The highest BCUT2D eigenvalue weighted by Gasteiger charge is 2.26. The van der Waals surface area contributed by atoms with Gasteiger partial charge >= 0.3 is 0 Å². The minimum atomic E-state index is -2.72. The van der Waals surface area contributed by atoms with Gasteiger partial charge < -0.3 is 10.2 Å². The van der Waals surface area contributed by atoms with Crippen LogP contribution in [-0.4, -0.2) is 58.1 Å². The molecular weight excluding hydrogens is 212 g/mol. The molecule has 1 atom stereocenters. The van der Waals surface area contributed by atoms with Crippen LogP contribution in [0.2, 0.25) is 0 Å². The molecule has 0 aromatic heterocycles. The predicted molar refractivity (Wildman–Crippen MR) is 62.8 cm³/mol. The lowest BCUT2D eigenvalue weighted by Crippen LogP contribution is -2.31. The average Bonchev–Trinajstić information content (AvgIpc) is 2.44.